The van der Waals surface area contributed by atoms with Crippen molar-refractivity contribution in [2.45, 2.75) is 13.0 Å². The van der Waals surface area contributed by atoms with Crippen molar-refractivity contribution in [2.24, 2.45) is 0 Å². The van der Waals surface area contributed by atoms with E-state index in [1.807, 2.05) is 37.3 Å². The second kappa shape index (κ2) is 6.44. The van der Waals surface area contributed by atoms with Crippen LogP contribution in [0.5, 0.6) is 0 Å². The minimum Gasteiger partial charge on any atom is -0.422 e. The van der Waals surface area contributed by atoms with Gasteiger partial charge in [0.2, 0.25) is 0 Å². The summed E-state index contributed by atoms with van der Waals surface area (Å²) < 4.78 is 5.38. The maximum Gasteiger partial charge on any atom is 0.345 e. The van der Waals surface area contributed by atoms with Crippen molar-refractivity contribution in [3.8, 4) is 0 Å². The number of amides is 1. The maximum atomic E-state index is 12.6. The molecule has 0 bridgehead atoms. The van der Waals surface area contributed by atoms with Gasteiger partial charge in [-0.1, -0.05) is 30.3 Å². The Labute approximate surface area is 149 Å². The summed E-state index contributed by atoms with van der Waals surface area (Å²) in [4.78, 5) is 28.7. The first-order valence-electron chi connectivity index (χ1n) is 8.30. The van der Waals surface area contributed by atoms with Crippen molar-refractivity contribution in [2.75, 3.05) is 0 Å². The molecule has 2 aromatic carbocycles. The van der Waals surface area contributed by atoms with Crippen molar-refractivity contribution in [1.29, 1.82) is 0 Å². The second-order valence-corrected chi connectivity index (χ2v) is 6.13. The molecule has 26 heavy (non-hydrogen) atoms. The van der Waals surface area contributed by atoms with Crippen LogP contribution in [0.4, 0.5) is 0 Å². The Morgan fingerprint density at radius 1 is 1.04 bits per heavy atom. The highest BCUT2D eigenvalue weighted by Crippen LogP contribution is 2.23. The topological polar surface area (TPSA) is 72.2 Å². The predicted molar refractivity (Wildman–Crippen MR) is 100 cm³/mol. The highest BCUT2D eigenvalue weighted by Gasteiger charge is 2.14. The molecule has 2 aromatic heterocycles. The molecule has 1 N–H and O–H groups in total. The van der Waals surface area contributed by atoms with E-state index in [9.17, 15) is 9.59 Å². The maximum absolute atomic E-state index is 12.6. The van der Waals surface area contributed by atoms with Crippen molar-refractivity contribution in [3.63, 3.8) is 0 Å². The van der Waals surface area contributed by atoms with Gasteiger partial charge in [-0.05, 0) is 36.8 Å². The summed E-state index contributed by atoms with van der Waals surface area (Å²) in [5, 5.41) is 4.92. The normalized spacial score (nSPS) is 12.2. The second-order valence-electron chi connectivity index (χ2n) is 6.13. The molecule has 0 aliphatic carbocycles. The zero-order valence-electron chi connectivity index (χ0n) is 14.1. The number of carbonyl (C=O) groups is 1. The molecule has 2 heterocycles. The van der Waals surface area contributed by atoms with Gasteiger partial charge in [0, 0.05) is 28.7 Å². The number of hydrogen-bond acceptors (Lipinski definition) is 4. The third-order valence-corrected chi connectivity index (χ3v) is 4.42. The lowest BCUT2D eigenvalue weighted by Crippen LogP contribution is -2.26. The molecule has 0 saturated heterocycles. The quantitative estimate of drug-likeness (QED) is 0.453. The van der Waals surface area contributed by atoms with Gasteiger partial charge in [-0.25, -0.2) is 4.79 Å². The number of aromatic nitrogens is 1. The van der Waals surface area contributed by atoms with Crippen LogP contribution in [0.3, 0.4) is 0 Å². The molecule has 0 spiro atoms. The Kier molecular flexibility index (Phi) is 3.97. The van der Waals surface area contributed by atoms with Crippen LogP contribution < -0.4 is 10.9 Å². The summed E-state index contributed by atoms with van der Waals surface area (Å²) >= 11 is 0. The molecule has 5 nitrogen and oxygen atoms in total. The molecule has 0 fully saturated rings. The lowest BCUT2D eigenvalue weighted by atomic mass is 10.1. The largest absolute Gasteiger partial charge is 0.422 e. The molecule has 1 unspecified atom stereocenters. The van der Waals surface area contributed by atoms with Crippen LogP contribution in [0.25, 0.3) is 21.7 Å². The molecule has 0 radical (unpaired) electrons. The number of nitrogens with one attached hydrogen (secondary N) is 1. The summed E-state index contributed by atoms with van der Waals surface area (Å²) in [5.74, 6) is -0.222. The first-order valence-corrected chi connectivity index (χ1v) is 8.30. The van der Waals surface area contributed by atoms with Crippen LogP contribution in [-0.2, 0) is 0 Å². The lowest BCUT2D eigenvalue weighted by molar-refractivity contribution is 0.0940. The number of rotatable bonds is 3. The lowest BCUT2D eigenvalue weighted by Gasteiger charge is -2.14. The Morgan fingerprint density at radius 2 is 1.85 bits per heavy atom. The molecule has 0 aliphatic heterocycles. The molecular weight excluding hydrogens is 328 g/mol. The number of benzene rings is 2. The Bertz CT molecular complexity index is 1170. The molecule has 4 aromatic rings. The van der Waals surface area contributed by atoms with E-state index in [1.54, 1.807) is 30.5 Å². The Morgan fingerprint density at radius 3 is 2.65 bits per heavy atom. The summed E-state index contributed by atoms with van der Waals surface area (Å²) in [7, 11) is 0. The smallest absolute Gasteiger partial charge is 0.345 e. The molecule has 128 valence electrons. The minimum absolute atomic E-state index is 0.130. The van der Waals surface area contributed by atoms with Gasteiger partial charge in [0.05, 0.1) is 11.4 Å². The summed E-state index contributed by atoms with van der Waals surface area (Å²) in [5.41, 5.74) is 1.38. The monoisotopic (exact) mass is 344 g/mol. The van der Waals surface area contributed by atoms with Crippen LogP contribution in [0, 0.1) is 0 Å². The van der Waals surface area contributed by atoms with Gasteiger partial charge >= 0.3 is 5.63 Å². The molecule has 0 aliphatic rings. The van der Waals surface area contributed by atoms with E-state index in [0.717, 1.165) is 16.3 Å². The first kappa shape index (κ1) is 16.0. The van der Waals surface area contributed by atoms with E-state index in [-0.39, 0.29) is 11.9 Å². The summed E-state index contributed by atoms with van der Waals surface area (Å²) in [6.45, 7) is 1.93. The number of pyridine rings is 1. The van der Waals surface area contributed by atoms with Gasteiger partial charge in [-0.3, -0.25) is 9.78 Å². The van der Waals surface area contributed by atoms with Gasteiger partial charge in [0.1, 0.15) is 5.58 Å². The van der Waals surface area contributed by atoms with Crippen molar-refractivity contribution in [1.82, 2.24) is 10.3 Å². The number of nitrogens with zero attached hydrogens (tertiary/aromatic N) is 1. The number of fused-ring (bicyclic) bond motifs is 3. The van der Waals surface area contributed by atoms with Gasteiger partial charge in [0.25, 0.3) is 5.91 Å². The standard InChI is InChI=1S/C21H16N2O3/c1-13(14-5-3-2-4-6-14)23-20(24)15-7-8-17-16-9-10-22-12-18(16)21(25)26-19(17)11-15/h2-13H,1H3,(H,23,24). The number of hydrogen-bond donors (Lipinski definition) is 1. The summed E-state index contributed by atoms with van der Waals surface area (Å²) in [6.07, 6.45) is 3.12. The Hall–Kier alpha value is -3.47. The molecule has 0 saturated carbocycles. The van der Waals surface area contributed by atoms with E-state index in [2.05, 4.69) is 10.3 Å². The fourth-order valence-corrected chi connectivity index (χ4v) is 3.02. The van der Waals surface area contributed by atoms with E-state index < -0.39 is 5.63 Å². The van der Waals surface area contributed by atoms with Crippen LogP contribution >= 0.6 is 0 Å². The van der Waals surface area contributed by atoms with Crippen molar-refractivity contribution < 1.29 is 9.21 Å². The average Bonchev–Trinajstić information content (AvgIpc) is 2.68. The van der Waals surface area contributed by atoms with Gasteiger partial charge in [0.15, 0.2) is 0 Å². The van der Waals surface area contributed by atoms with Crippen LogP contribution in [0.1, 0.15) is 28.9 Å². The predicted octanol–water partition coefficient (Wildman–Crippen LogP) is 3.83. The van der Waals surface area contributed by atoms with Gasteiger partial charge in [-0.2, -0.15) is 0 Å². The minimum atomic E-state index is -0.462. The molecule has 5 heteroatoms. The van der Waals surface area contributed by atoms with E-state index in [0.29, 0.717) is 16.5 Å². The van der Waals surface area contributed by atoms with Gasteiger partial charge in [-0.15, -0.1) is 0 Å². The summed E-state index contributed by atoms with van der Waals surface area (Å²) in [6, 6.07) is 16.5. The van der Waals surface area contributed by atoms with Crippen molar-refractivity contribution in [3.05, 3.63) is 88.5 Å². The molecule has 1 amide bonds. The van der Waals surface area contributed by atoms with E-state index in [4.69, 9.17) is 4.42 Å². The van der Waals surface area contributed by atoms with Crippen LogP contribution in [-0.4, -0.2) is 10.9 Å². The molecule has 1 atom stereocenters. The third kappa shape index (κ3) is 2.84. The number of carbonyl (C=O) groups excluding carboxylic acids is 1. The van der Waals surface area contributed by atoms with E-state index in [1.165, 1.54) is 6.20 Å². The first-order chi connectivity index (χ1) is 12.6. The zero-order valence-corrected chi connectivity index (χ0v) is 14.1. The Balaban J connectivity index is 1.70. The van der Waals surface area contributed by atoms with Crippen LogP contribution in [0.15, 0.2) is 76.2 Å². The SMILES string of the molecule is CC(NC(=O)c1ccc2c(c1)oc(=O)c1cnccc12)c1ccccc1. The highest BCUT2D eigenvalue weighted by atomic mass is 16.4. The highest BCUT2D eigenvalue weighted by molar-refractivity contribution is 6.06. The molecule has 4 rings (SSSR count). The van der Waals surface area contributed by atoms with Crippen LogP contribution in [0.2, 0.25) is 0 Å². The fourth-order valence-electron chi connectivity index (χ4n) is 3.02. The third-order valence-electron chi connectivity index (χ3n) is 4.42. The van der Waals surface area contributed by atoms with Gasteiger partial charge < -0.3 is 9.73 Å². The average molecular weight is 344 g/mol. The molecular formula is C21H16N2O3. The zero-order chi connectivity index (χ0) is 18.1. The van der Waals surface area contributed by atoms with E-state index >= 15 is 0 Å². The van der Waals surface area contributed by atoms with Crippen molar-refractivity contribution >= 4 is 27.6 Å². The fraction of sp³-hybridized carbons (Fsp3) is 0.0952.